The fourth-order valence-corrected chi connectivity index (χ4v) is 3.48. The summed E-state index contributed by atoms with van der Waals surface area (Å²) >= 11 is 7.45. The molecule has 1 aliphatic carbocycles. The van der Waals surface area contributed by atoms with Crippen LogP contribution in [0.4, 0.5) is 10.5 Å². The van der Waals surface area contributed by atoms with Gasteiger partial charge in [0.05, 0.1) is 10.0 Å². The number of amides is 2. The number of rotatable bonds is 2. The Kier molecular flexibility index (Phi) is 2.88. The second-order valence-electron chi connectivity index (χ2n) is 4.85. The van der Waals surface area contributed by atoms with Crippen LogP contribution < -0.4 is 21.5 Å². The summed E-state index contributed by atoms with van der Waals surface area (Å²) in [7, 11) is 0. The Morgan fingerprint density at radius 3 is 2.82 bits per heavy atom. The molecule has 2 aliphatic rings. The van der Waals surface area contributed by atoms with E-state index >= 15 is 0 Å². The number of benzene rings is 1. The number of fused-ring (bicyclic) bond motifs is 2. The number of carbonyl (C=O) groups is 1. The minimum atomic E-state index is -0.593. The number of azo groups is 1. The number of anilines is 1. The Morgan fingerprint density at radius 1 is 1.27 bits per heavy atom. The first-order chi connectivity index (χ1) is 10.6. The van der Waals surface area contributed by atoms with Crippen LogP contribution in [0.15, 0.2) is 45.4 Å². The van der Waals surface area contributed by atoms with Crippen LogP contribution >= 0.6 is 22.9 Å². The van der Waals surface area contributed by atoms with Gasteiger partial charge in [-0.15, -0.1) is 21.6 Å². The summed E-state index contributed by atoms with van der Waals surface area (Å²) in [4.78, 5) is 11.1. The Hall–Kier alpha value is -2.44. The average Bonchev–Trinajstić information content (AvgIpc) is 3.13. The smallest absolute Gasteiger partial charge is 0.316 e. The fourth-order valence-electron chi connectivity index (χ4n) is 2.62. The van der Waals surface area contributed by atoms with Crippen LogP contribution in [-0.2, 0) is 0 Å². The van der Waals surface area contributed by atoms with Crippen molar-refractivity contribution in [3.8, 4) is 0 Å². The van der Waals surface area contributed by atoms with Crippen LogP contribution in [0.25, 0.3) is 17.5 Å². The van der Waals surface area contributed by atoms with E-state index in [4.69, 9.17) is 17.3 Å². The SMILES string of the molecule is NC(=O)Nc1cccc2c1=CC1=C(c3csc(Cl)c3)N=NC=21. The summed E-state index contributed by atoms with van der Waals surface area (Å²) < 4.78 is 0.707. The van der Waals surface area contributed by atoms with Gasteiger partial charge in [-0.1, -0.05) is 23.7 Å². The van der Waals surface area contributed by atoms with Gasteiger partial charge in [0.25, 0.3) is 0 Å². The molecule has 4 rings (SSSR count). The van der Waals surface area contributed by atoms with Crippen molar-refractivity contribution in [3.63, 3.8) is 0 Å². The number of nitrogens with two attached hydrogens (primary N) is 1. The Bertz CT molecular complexity index is 1000. The lowest BCUT2D eigenvalue weighted by atomic mass is 10.1. The molecule has 22 heavy (non-hydrogen) atoms. The van der Waals surface area contributed by atoms with E-state index in [1.54, 1.807) is 6.07 Å². The van der Waals surface area contributed by atoms with Gasteiger partial charge in [-0.2, -0.15) is 0 Å². The number of carbonyl (C=O) groups excluding carboxylic acids is 1. The van der Waals surface area contributed by atoms with Crippen LogP contribution in [0.3, 0.4) is 0 Å². The molecule has 0 atom stereocenters. The van der Waals surface area contributed by atoms with Gasteiger partial charge in [-0.25, -0.2) is 4.79 Å². The number of thiophene rings is 1. The molecule has 3 N–H and O–H groups in total. The monoisotopic (exact) mass is 328 g/mol. The molecule has 0 saturated carbocycles. The maximum atomic E-state index is 11.1. The van der Waals surface area contributed by atoms with Crippen molar-refractivity contribution in [2.24, 2.45) is 16.0 Å². The topological polar surface area (TPSA) is 79.8 Å². The summed E-state index contributed by atoms with van der Waals surface area (Å²) in [6.07, 6.45) is 1.97. The number of nitrogens with zero attached hydrogens (tertiary/aromatic N) is 2. The Labute approximate surface area is 134 Å². The van der Waals surface area contributed by atoms with Crippen molar-refractivity contribution >= 4 is 52.1 Å². The molecular weight excluding hydrogens is 320 g/mol. The molecule has 2 heterocycles. The van der Waals surface area contributed by atoms with Crippen molar-refractivity contribution in [1.82, 2.24) is 0 Å². The second-order valence-corrected chi connectivity index (χ2v) is 6.39. The van der Waals surface area contributed by atoms with E-state index in [9.17, 15) is 4.79 Å². The first-order valence-electron chi connectivity index (χ1n) is 6.46. The summed E-state index contributed by atoms with van der Waals surface area (Å²) in [5.74, 6) is 0. The molecule has 0 unspecified atom stereocenters. The van der Waals surface area contributed by atoms with E-state index < -0.39 is 6.03 Å². The summed E-state index contributed by atoms with van der Waals surface area (Å²) in [5.41, 5.74) is 9.35. The third kappa shape index (κ3) is 1.96. The van der Waals surface area contributed by atoms with Crippen LogP contribution in [0.2, 0.25) is 4.34 Å². The molecular formula is C15H9ClN4OS. The van der Waals surface area contributed by atoms with Crippen molar-refractivity contribution < 1.29 is 4.79 Å². The van der Waals surface area contributed by atoms with Gasteiger partial charge in [-0.3, -0.25) is 0 Å². The lowest BCUT2D eigenvalue weighted by molar-refractivity contribution is 0.259. The van der Waals surface area contributed by atoms with Crippen molar-refractivity contribution in [2.45, 2.75) is 0 Å². The van der Waals surface area contributed by atoms with Gasteiger partial charge in [0.15, 0.2) is 0 Å². The molecule has 2 aromatic rings. The minimum absolute atomic E-state index is 0.593. The number of hydrogen-bond donors (Lipinski definition) is 2. The number of hydrogen-bond acceptors (Lipinski definition) is 4. The van der Waals surface area contributed by atoms with E-state index in [2.05, 4.69) is 15.5 Å². The highest BCUT2D eigenvalue weighted by atomic mass is 35.5. The molecule has 2 amide bonds. The predicted octanol–water partition coefficient (Wildman–Crippen LogP) is 2.67. The average molecular weight is 329 g/mol. The van der Waals surface area contributed by atoms with Gasteiger partial charge < -0.3 is 11.1 Å². The Morgan fingerprint density at radius 2 is 2.09 bits per heavy atom. The van der Waals surface area contributed by atoms with Crippen molar-refractivity contribution in [2.75, 3.05) is 5.32 Å². The van der Waals surface area contributed by atoms with Crippen LogP contribution in [0, 0.1) is 0 Å². The third-order valence-electron chi connectivity index (χ3n) is 3.51. The first kappa shape index (κ1) is 13.2. The first-order valence-corrected chi connectivity index (χ1v) is 7.71. The summed E-state index contributed by atoms with van der Waals surface area (Å²) in [5, 5.41) is 15.0. The fraction of sp³-hybridized carbons (Fsp3) is 0. The molecule has 0 fully saturated rings. The standard InChI is InChI=1S/C15H9ClN4OS/c16-12-4-7(6-22-12)13-10-5-9-8(14(10)20-19-13)2-1-3-11(9)18-15(17)21/h1-6H,(H3,17,18,21). The van der Waals surface area contributed by atoms with E-state index in [1.807, 2.05) is 29.7 Å². The molecule has 5 nitrogen and oxygen atoms in total. The van der Waals surface area contributed by atoms with Gasteiger partial charge in [0, 0.05) is 27.0 Å². The molecule has 108 valence electrons. The van der Waals surface area contributed by atoms with Crippen LogP contribution in [-0.4, -0.2) is 6.03 Å². The largest absolute Gasteiger partial charge is 0.351 e. The zero-order valence-corrected chi connectivity index (χ0v) is 12.7. The van der Waals surface area contributed by atoms with Crippen molar-refractivity contribution in [1.29, 1.82) is 0 Å². The van der Waals surface area contributed by atoms with Crippen LogP contribution in [0.5, 0.6) is 0 Å². The van der Waals surface area contributed by atoms with E-state index in [1.165, 1.54) is 11.3 Å². The summed E-state index contributed by atoms with van der Waals surface area (Å²) in [6.45, 7) is 0. The number of urea groups is 1. The lowest BCUT2D eigenvalue weighted by Gasteiger charge is -2.01. The van der Waals surface area contributed by atoms with Gasteiger partial charge in [0.2, 0.25) is 0 Å². The molecule has 7 heteroatoms. The van der Waals surface area contributed by atoms with Gasteiger partial charge in [-0.05, 0) is 18.2 Å². The maximum absolute atomic E-state index is 11.1. The molecule has 1 aromatic carbocycles. The van der Waals surface area contributed by atoms with E-state index in [0.29, 0.717) is 10.0 Å². The minimum Gasteiger partial charge on any atom is -0.351 e. The van der Waals surface area contributed by atoms with Gasteiger partial charge >= 0.3 is 6.03 Å². The zero-order valence-electron chi connectivity index (χ0n) is 11.1. The third-order valence-corrected chi connectivity index (χ3v) is 4.60. The molecule has 0 radical (unpaired) electrons. The van der Waals surface area contributed by atoms with Crippen LogP contribution in [0.1, 0.15) is 5.56 Å². The molecule has 0 saturated heterocycles. The van der Waals surface area contributed by atoms with Crippen molar-refractivity contribution in [3.05, 3.63) is 55.6 Å². The van der Waals surface area contributed by atoms with E-state index in [0.717, 1.165) is 33.0 Å². The second kappa shape index (κ2) is 4.79. The number of nitrogens with one attached hydrogen (secondary N) is 1. The quantitative estimate of drug-likeness (QED) is 0.873. The highest BCUT2D eigenvalue weighted by Crippen LogP contribution is 2.37. The number of primary amides is 1. The lowest BCUT2D eigenvalue weighted by Crippen LogP contribution is -2.30. The molecule has 1 aromatic heterocycles. The molecule has 0 bridgehead atoms. The Balaban J connectivity index is 1.95. The normalized spacial score (nSPS) is 14.9. The molecule has 1 aliphatic heterocycles. The zero-order chi connectivity index (χ0) is 15.3. The highest BCUT2D eigenvalue weighted by Gasteiger charge is 2.23. The van der Waals surface area contributed by atoms with E-state index in [-0.39, 0.29) is 0 Å². The molecule has 0 spiro atoms. The summed E-state index contributed by atoms with van der Waals surface area (Å²) in [6, 6.07) is 6.88. The van der Waals surface area contributed by atoms with Gasteiger partial charge in [0.1, 0.15) is 11.4 Å². The maximum Gasteiger partial charge on any atom is 0.316 e. The predicted molar refractivity (Wildman–Crippen MR) is 87.9 cm³/mol. The number of halogens is 1. The highest BCUT2D eigenvalue weighted by molar-refractivity contribution is 7.14.